The van der Waals surface area contributed by atoms with E-state index in [0.29, 0.717) is 24.2 Å². The van der Waals surface area contributed by atoms with Crippen LogP contribution in [-0.2, 0) is 6.54 Å². The summed E-state index contributed by atoms with van der Waals surface area (Å²) in [6.45, 7) is 0.202. The van der Waals surface area contributed by atoms with Crippen molar-refractivity contribution in [2.75, 3.05) is 14.2 Å². The van der Waals surface area contributed by atoms with Crippen LogP contribution in [0.3, 0.4) is 0 Å². The van der Waals surface area contributed by atoms with E-state index >= 15 is 0 Å². The molecule has 0 atom stereocenters. The summed E-state index contributed by atoms with van der Waals surface area (Å²) in [5.74, 6) is -1.07. The molecule has 0 radical (unpaired) electrons. The van der Waals surface area contributed by atoms with E-state index in [1.54, 1.807) is 28.6 Å². The third-order valence-corrected chi connectivity index (χ3v) is 9.67. The minimum Gasteiger partial charge on any atom is -0.496 e. The van der Waals surface area contributed by atoms with Gasteiger partial charge in [-0.25, -0.2) is 13.2 Å². The third-order valence-electron chi connectivity index (χ3n) is 7.72. The Labute approximate surface area is 251 Å². The first-order chi connectivity index (χ1) is 19.7. The van der Waals surface area contributed by atoms with E-state index in [0.717, 1.165) is 53.0 Å². The lowest BCUT2D eigenvalue weighted by molar-refractivity contribution is 0.0589. The number of hydrogen-bond acceptors (Lipinski definition) is 5. The Hall–Kier alpha value is -3.22. The Morgan fingerprint density at radius 1 is 1.02 bits per heavy atom. The fraction of sp³-hybridized carbons (Fsp3) is 0.290. The van der Waals surface area contributed by atoms with Crippen LogP contribution in [0.2, 0.25) is 5.02 Å². The lowest BCUT2D eigenvalue weighted by Crippen LogP contribution is -2.44. The van der Waals surface area contributed by atoms with Crippen molar-refractivity contribution in [2.45, 2.75) is 44.3 Å². The molecule has 3 aromatic carbocycles. The van der Waals surface area contributed by atoms with Crippen LogP contribution in [0.25, 0.3) is 21.2 Å². The zero-order chi connectivity index (χ0) is 29.3. The van der Waals surface area contributed by atoms with Crippen LogP contribution in [0.5, 0.6) is 5.75 Å². The molecule has 1 aliphatic rings. The van der Waals surface area contributed by atoms with Crippen LogP contribution in [0, 0.1) is 23.0 Å². The Balaban J connectivity index is 1.55. The molecule has 10 heteroatoms. The van der Waals surface area contributed by atoms with E-state index in [-0.39, 0.29) is 44.5 Å². The van der Waals surface area contributed by atoms with Crippen LogP contribution >= 0.6 is 34.7 Å². The van der Waals surface area contributed by atoms with E-state index in [1.807, 2.05) is 37.4 Å². The van der Waals surface area contributed by atoms with E-state index in [1.165, 1.54) is 0 Å². The summed E-state index contributed by atoms with van der Waals surface area (Å²) in [4.78, 5) is 16.0. The molecule has 1 fully saturated rings. The number of rotatable bonds is 7. The Morgan fingerprint density at radius 3 is 2.27 bits per heavy atom. The molecular weight excluding hydrogens is 587 g/mol. The minimum atomic E-state index is -0.671. The van der Waals surface area contributed by atoms with Gasteiger partial charge >= 0.3 is 0 Å². The van der Waals surface area contributed by atoms with Crippen molar-refractivity contribution in [3.63, 3.8) is 0 Å². The van der Waals surface area contributed by atoms with Crippen molar-refractivity contribution >= 4 is 50.7 Å². The highest BCUT2D eigenvalue weighted by atomic mass is 35.5. The molecule has 1 heterocycles. The molecule has 0 unspecified atom stereocenters. The summed E-state index contributed by atoms with van der Waals surface area (Å²) in [6.07, 6.45) is 2.99. The van der Waals surface area contributed by atoms with E-state index in [2.05, 4.69) is 6.07 Å². The highest BCUT2D eigenvalue weighted by Crippen LogP contribution is 2.41. The molecule has 5 rings (SSSR count). The first-order valence-corrected chi connectivity index (χ1v) is 14.7. The zero-order valence-electron chi connectivity index (χ0n) is 22.5. The number of nitrogens with zero attached hydrogens (tertiary/aromatic N) is 3. The highest BCUT2D eigenvalue weighted by molar-refractivity contribution is 7.21. The predicted molar refractivity (Wildman–Crippen MR) is 159 cm³/mol. The predicted octanol–water partition coefficient (Wildman–Crippen LogP) is 8.42. The third kappa shape index (κ3) is 5.91. The molecular formula is C31H27Cl2F2N3O2S. The molecule has 4 aromatic rings. The molecule has 41 heavy (non-hydrogen) atoms. The molecule has 0 N–H and O–H groups in total. The van der Waals surface area contributed by atoms with Gasteiger partial charge in [0.05, 0.1) is 33.9 Å². The number of carbonyl (C=O) groups excluding carboxylic acids is 1. The SMILES string of the molecule is COc1ccc(-c2ccc(C#N)cc2)cc1CN(C(=O)c1sc2c(F)ccc(F)c2c1Cl)[C@H]1CC[C@H](N(C)Cl)CC1. The molecule has 212 valence electrons. The lowest BCUT2D eigenvalue weighted by Gasteiger charge is -2.38. The second kappa shape index (κ2) is 12.3. The van der Waals surface area contributed by atoms with Gasteiger partial charge in [-0.3, -0.25) is 4.79 Å². The molecule has 1 amide bonds. The van der Waals surface area contributed by atoms with Gasteiger partial charge in [0.1, 0.15) is 22.3 Å². The van der Waals surface area contributed by atoms with Gasteiger partial charge in [-0.05, 0) is 85.0 Å². The summed E-state index contributed by atoms with van der Waals surface area (Å²) in [7, 11) is 3.40. The van der Waals surface area contributed by atoms with Crippen LogP contribution in [0.15, 0.2) is 54.6 Å². The number of fused-ring (bicyclic) bond motifs is 1. The fourth-order valence-electron chi connectivity index (χ4n) is 5.46. The molecule has 0 aliphatic heterocycles. The Kier molecular flexibility index (Phi) is 8.81. The molecule has 0 saturated heterocycles. The Bertz CT molecular complexity index is 1630. The van der Waals surface area contributed by atoms with Crippen LogP contribution in [0.4, 0.5) is 8.78 Å². The first kappa shape index (κ1) is 29.3. The maximum absolute atomic E-state index is 14.7. The van der Waals surface area contributed by atoms with Gasteiger partial charge in [0.15, 0.2) is 0 Å². The van der Waals surface area contributed by atoms with Gasteiger partial charge in [-0.1, -0.05) is 29.8 Å². The number of thiophene rings is 1. The van der Waals surface area contributed by atoms with Crippen molar-refractivity contribution in [1.82, 2.24) is 9.32 Å². The molecule has 5 nitrogen and oxygen atoms in total. The lowest BCUT2D eigenvalue weighted by atomic mass is 9.89. The number of nitriles is 1. The van der Waals surface area contributed by atoms with Gasteiger partial charge in [0.2, 0.25) is 0 Å². The van der Waals surface area contributed by atoms with Crippen molar-refractivity contribution < 1.29 is 18.3 Å². The van der Waals surface area contributed by atoms with E-state index < -0.39 is 11.6 Å². The van der Waals surface area contributed by atoms with Crippen molar-refractivity contribution in [2.24, 2.45) is 0 Å². The number of carbonyl (C=O) groups is 1. The number of halogens is 4. The van der Waals surface area contributed by atoms with Gasteiger partial charge in [-0.2, -0.15) is 5.26 Å². The number of benzene rings is 3. The second-order valence-corrected chi connectivity index (χ2v) is 12.0. The van der Waals surface area contributed by atoms with Crippen LogP contribution in [0.1, 0.15) is 46.5 Å². The number of methoxy groups -OCH3 is 1. The monoisotopic (exact) mass is 613 g/mol. The standard InChI is InChI=1S/C31H27Cl2F2N3O2S/c1-37(33)22-8-10-23(11-9-22)38(31(39)30-28(32)27-24(34)12-13-25(35)29(27)41-30)17-21-15-20(7-14-26(21)40-2)19-5-3-18(16-36)4-6-19/h3-7,12-15,22-23H,8-11,17H2,1-2H3/t22-,23-. The maximum atomic E-state index is 14.7. The number of hydrogen-bond donors (Lipinski definition) is 0. The minimum absolute atomic E-state index is 0.0196. The average Bonchev–Trinajstić information content (AvgIpc) is 3.35. The molecule has 1 aliphatic carbocycles. The van der Waals surface area contributed by atoms with Crippen molar-refractivity contribution in [3.8, 4) is 22.9 Å². The summed E-state index contributed by atoms with van der Waals surface area (Å²) in [6, 6.07) is 17.2. The molecule has 1 aromatic heterocycles. The van der Waals surface area contributed by atoms with Gasteiger partial charge in [0, 0.05) is 31.2 Å². The van der Waals surface area contributed by atoms with E-state index in [9.17, 15) is 13.6 Å². The average molecular weight is 615 g/mol. The molecule has 0 bridgehead atoms. The second-order valence-electron chi connectivity index (χ2n) is 10.1. The summed E-state index contributed by atoms with van der Waals surface area (Å²) >= 11 is 13.7. The van der Waals surface area contributed by atoms with Crippen LogP contribution in [-0.4, -0.2) is 41.5 Å². The van der Waals surface area contributed by atoms with Crippen molar-refractivity contribution in [1.29, 1.82) is 5.26 Å². The number of ether oxygens (including phenoxy) is 1. The largest absolute Gasteiger partial charge is 0.496 e. The fourth-order valence-corrected chi connectivity index (χ4v) is 7.16. The molecule has 0 spiro atoms. The maximum Gasteiger partial charge on any atom is 0.266 e. The molecule has 1 saturated carbocycles. The summed E-state index contributed by atoms with van der Waals surface area (Å²) in [5.41, 5.74) is 3.14. The number of amides is 1. The zero-order valence-corrected chi connectivity index (χ0v) is 24.8. The van der Waals surface area contributed by atoms with Crippen molar-refractivity contribution in [3.05, 3.63) is 87.3 Å². The highest BCUT2D eigenvalue weighted by Gasteiger charge is 2.34. The first-order valence-electron chi connectivity index (χ1n) is 13.1. The van der Waals surface area contributed by atoms with E-state index in [4.69, 9.17) is 33.4 Å². The van der Waals surface area contributed by atoms with Gasteiger partial charge in [-0.15, -0.1) is 11.3 Å². The quantitative estimate of drug-likeness (QED) is 0.196. The topological polar surface area (TPSA) is 56.6 Å². The van der Waals surface area contributed by atoms with Gasteiger partial charge < -0.3 is 9.64 Å². The normalized spacial score (nSPS) is 17.0. The smallest absolute Gasteiger partial charge is 0.266 e. The summed E-state index contributed by atoms with van der Waals surface area (Å²) < 4.78 is 36.6. The Morgan fingerprint density at radius 2 is 1.66 bits per heavy atom. The van der Waals surface area contributed by atoms with Crippen LogP contribution < -0.4 is 4.74 Å². The summed E-state index contributed by atoms with van der Waals surface area (Å²) in [5, 5.41) is 9.00. The van der Waals surface area contributed by atoms with Gasteiger partial charge in [0.25, 0.3) is 5.91 Å².